The Hall–Kier alpha value is -3.23. The molecule has 0 bridgehead atoms. The molecule has 160 valence electrons. The molecule has 0 radical (unpaired) electrons. The van der Waals surface area contributed by atoms with E-state index in [1.165, 1.54) is 18.3 Å². The average Bonchev–Trinajstić information content (AvgIpc) is 2.74. The molecule has 0 saturated carbocycles. The van der Waals surface area contributed by atoms with Gasteiger partial charge in [-0.3, -0.25) is 9.78 Å². The molecule has 0 unspecified atom stereocenters. The Labute approximate surface area is 182 Å². The summed E-state index contributed by atoms with van der Waals surface area (Å²) in [5.74, 6) is -0.604. The second-order valence-corrected chi connectivity index (χ2v) is 7.77. The van der Waals surface area contributed by atoms with Gasteiger partial charge in [-0.25, -0.2) is 9.18 Å². The molecule has 1 aromatic heterocycles. The van der Waals surface area contributed by atoms with Gasteiger partial charge >= 0.3 is 6.09 Å². The lowest BCUT2D eigenvalue weighted by Gasteiger charge is -2.37. The van der Waals surface area contributed by atoms with E-state index < -0.39 is 24.1 Å². The summed E-state index contributed by atoms with van der Waals surface area (Å²) in [5.41, 5.74) is 2.34. The SMILES string of the molecule is O=Cc1c(F)cccc1-c1ccc2ncc(Cl)c(N3CC[C@@H](NC(=O)O)[C@@H](O)C3)c2c1. The van der Waals surface area contributed by atoms with Gasteiger partial charge in [0.25, 0.3) is 0 Å². The number of benzene rings is 2. The standard InChI is InChI=1S/C22H19ClFN3O4/c23-16-9-25-18-5-4-12(13-2-1-3-17(24)15(13)11-28)8-14(18)21(16)27-7-6-19(20(29)10-27)26-22(30)31/h1-5,8-9,11,19-20,26,29H,6-7,10H2,(H,30,31)/t19-,20+/m1/s1. The molecule has 3 aromatic rings. The minimum absolute atomic E-state index is 0.0330. The highest BCUT2D eigenvalue weighted by Crippen LogP contribution is 2.37. The molecule has 0 spiro atoms. The third kappa shape index (κ3) is 4.04. The maximum atomic E-state index is 14.1. The quantitative estimate of drug-likeness (QED) is 0.531. The third-order valence-corrected chi connectivity index (χ3v) is 5.76. The fourth-order valence-electron chi connectivity index (χ4n) is 4.01. The molecular formula is C22H19ClFN3O4. The summed E-state index contributed by atoms with van der Waals surface area (Å²) in [6.07, 6.45) is 0.300. The number of β-amino-alcohol motifs (C(OH)–C–C–N with tert-alkyl or cyclic N) is 1. The van der Waals surface area contributed by atoms with Crippen LogP contribution in [0.1, 0.15) is 16.8 Å². The number of aromatic nitrogens is 1. The Balaban J connectivity index is 1.78. The number of pyridine rings is 1. The van der Waals surface area contributed by atoms with Gasteiger partial charge < -0.3 is 20.4 Å². The van der Waals surface area contributed by atoms with E-state index in [9.17, 15) is 19.1 Å². The van der Waals surface area contributed by atoms with E-state index in [1.807, 2.05) is 4.90 Å². The molecule has 1 fully saturated rings. The topological polar surface area (TPSA) is 103 Å². The van der Waals surface area contributed by atoms with E-state index in [2.05, 4.69) is 10.3 Å². The fourth-order valence-corrected chi connectivity index (χ4v) is 4.28. The number of hydrogen-bond donors (Lipinski definition) is 3. The zero-order chi connectivity index (χ0) is 22.1. The van der Waals surface area contributed by atoms with Gasteiger partial charge in [0.15, 0.2) is 6.29 Å². The third-order valence-electron chi connectivity index (χ3n) is 5.48. The summed E-state index contributed by atoms with van der Waals surface area (Å²) in [6.45, 7) is 0.637. The van der Waals surface area contributed by atoms with Crippen molar-refractivity contribution in [1.82, 2.24) is 10.3 Å². The number of carboxylic acid groups (broad SMARTS) is 1. The Kier molecular flexibility index (Phi) is 5.75. The summed E-state index contributed by atoms with van der Waals surface area (Å²) in [7, 11) is 0. The lowest BCUT2D eigenvalue weighted by atomic mass is 9.97. The predicted molar refractivity (Wildman–Crippen MR) is 115 cm³/mol. The van der Waals surface area contributed by atoms with Crippen LogP contribution in [-0.2, 0) is 0 Å². The normalized spacial score (nSPS) is 18.7. The Bertz CT molecular complexity index is 1170. The molecule has 1 saturated heterocycles. The molecule has 2 heterocycles. The Morgan fingerprint density at radius 3 is 2.84 bits per heavy atom. The first-order chi connectivity index (χ1) is 14.9. The van der Waals surface area contributed by atoms with Crippen LogP contribution >= 0.6 is 11.6 Å². The molecule has 1 amide bonds. The molecule has 2 atom stereocenters. The number of amides is 1. The van der Waals surface area contributed by atoms with Crippen LogP contribution in [0.2, 0.25) is 5.02 Å². The number of rotatable bonds is 4. The van der Waals surface area contributed by atoms with Crippen LogP contribution in [0.15, 0.2) is 42.6 Å². The van der Waals surface area contributed by atoms with Crippen LogP contribution in [0, 0.1) is 5.82 Å². The summed E-state index contributed by atoms with van der Waals surface area (Å²) < 4.78 is 14.1. The van der Waals surface area contributed by atoms with Crippen molar-refractivity contribution < 1.29 is 24.2 Å². The maximum absolute atomic E-state index is 14.1. The largest absolute Gasteiger partial charge is 0.465 e. The fraction of sp³-hybridized carbons (Fsp3) is 0.227. The van der Waals surface area contributed by atoms with Crippen LogP contribution in [0.5, 0.6) is 0 Å². The van der Waals surface area contributed by atoms with Gasteiger partial charge in [-0.1, -0.05) is 29.8 Å². The first kappa shape index (κ1) is 21.0. The number of halogens is 2. The number of carbonyl (C=O) groups excluding carboxylic acids is 1. The molecule has 4 rings (SSSR count). The van der Waals surface area contributed by atoms with Gasteiger partial charge in [0.1, 0.15) is 5.82 Å². The predicted octanol–water partition coefficient (Wildman–Crippen LogP) is 3.71. The first-order valence-electron chi connectivity index (χ1n) is 9.64. The maximum Gasteiger partial charge on any atom is 0.404 e. The summed E-state index contributed by atoms with van der Waals surface area (Å²) in [5, 5.41) is 22.8. The van der Waals surface area contributed by atoms with Crippen molar-refractivity contribution in [3.05, 3.63) is 59.0 Å². The lowest BCUT2D eigenvalue weighted by molar-refractivity contribution is 0.108. The number of aldehydes is 1. The molecule has 1 aliphatic rings. The van der Waals surface area contributed by atoms with E-state index in [4.69, 9.17) is 16.7 Å². The minimum atomic E-state index is -1.18. The van der Waals surface area contributed by atoms with E-state index in [0.717, 1.165) is 0 Å². The van der Waals surface area contributed by atoms with Crippen molar-refractivity contribution in [2.24, 2.45) is 0 Å². The zero-order valence-electron chi connectivity index (χ0n) is 16.3. The van der Waals surface area contributed by atoms with E-state index in [-0.39, 0.29) is 12.1 Å². The van der Waals surface area contributed by atoms with Crippen molar-refractivity contribution in [2.75, 3.05) is 18.0 Å². The van der Waals surface area contributed by atoms with Gasteiger partial charge in [-0.2, -0.15) is 0 Å². The second kappa shape index (κ2) is 8.49. The van der Waals surface area contributed by atoms with E-state index >= 15 is 0 Å². The van der Waals surface area contributed by atoms with Gasteiger partial charge in [-0.15, -0.1) is 0 Å². The Morgan fingerprint density at radius 1 is 1.32 bits per heavy atom. The van der Waals surface area contributed by atoms with Crippen molar-refractivity contribution in [2.45, 2.75) is 18.6 Å². The molecule has 3 N–H and O–H groups in total. The second-order valence-electron chi connectivity index (χ2n) is 7.36. The highest BCUT2D eigenvalue weighted by atomic mass is 35.5. The van der Waals surface area contributed by atoms with E-state index in [0.29, 0.717) is 52.0 Å². The van der Waals surface area contributed by atoms with Crippen LogP contribution < -0.4 is 10.2 Å². The number of aliphatic hydroxyl groups excluding tert-OH is 1. The highest BCUT2D eigenvalue weighted by molar-refractivity contribution is 6.34. The molecule has 31 heavy (non-hydrogen) atoms. The van der Waals surface area contributed by atoms with E-state index in [1.54, 1.807) is 24.3 Å². The smallest absolute Gasteiger partial charge is 0.404 e. The number of nitrogens with zero attached hydrogens (tertiary/aromatic N) is 2. The number of piperidine rings is 1. The number of aliphatic hydroxyl groups is 1. The number of nitrogens with one attached hydrogen (secondary N) is 1. The molecule has 2 aromatic carbocycles. The van der Waals surface area contributed by atoms with Crippen LogP contribution in [0.25, 0.3) is 22.0 Å². The van der Waals surface area contributed by atoms with Gasteiger partial charge in [0.05, 0.1) is 33.9 Å². The number of fused-ring (bicyclic) bond motifs is 1. The van der Waals surface area contributed by atoms with Gasteiger partial charge in [0.2, 0.25) is 0 Å². The van der Waals surface area contributed by atoms with Gasteiger partial charge in [0, 0.05) is 24.7 Å². The summed E-state index contributed by atoms with van der Waals surface area (Å²) in [4.78, 5) is 28.6. The van der Waals surface area contributed by atoms with Crippen LogP contribution in [-0.4, -0.2) is 52.8 Å². The number of hydrogen-bond acceptors (Lipinski definition) is 5. The average molecular weight is 444 g/mol. The number of carbonyl (C=O) groups is 2. The summed E-state index contributed by atoms with van der Waals surface area (Å²) in [6, 6.07) is 9.17. The number of anilines is 1. The van der Waals surface area contributed by atoms with Crippen molar-refractivity contribution in [3.63, 3.8) is 0 Å². The van der Waals surface area contributed by atoms with Crippen LogP contribution in [0.3, 0.4) is 0 Å². The van der Waals surface area contributed by atoms with Crippen LogP contribution in [0.4, 0.5) is 14.9 Å². The monoisotopic (exact) mass is 443 g/mol. The van der Waals surface area contributed by atoms with Crippen molar-refractivity contribution in [1.29, 1.82) is 0 Å². The highest BCUT2D eigenvalue weighted by Gasteiger charge is 2.30. The molecular weight excluding hydrogens is 425 g/mol. The van der Waals surface area contributed by atoms with Gasteiger partial charge in [-0.05, 0) is 35.7 Å². The minimum Gasteiger partial charge on any atom is -0.465 e. The zero-order valence-corrected chi connectivity index (χ0v) is 17.0. The lowest BCUT2D eigenvalue weighted by Crippen LogP contribution is -2.54. The molecule has 9 heteroatoms. The van der Waals surface area contributed by atoms with Crippen molar-refractivity contribution >= 4 is 40.6 Å². The Morgan fingerprint density at radius 2 is 2.13 bits per heavy atom. The summed E-state index contributed by atoms with van der Waals surface area (Å²) >= 11 is 6.48. The first-order valence-corrected chi connectivity index (χ1v) is 10.0. The molecule has 0 aliphatic carbocycles. The molecule has 7 nitrogen and oxygen atoms in total. The van der Waals surface area contributed by atoms with Crippen molar-refractivity contribution in [3.8, 4) is 11.1 Å². The molecule has 1 aliphatic heterocycles.